The SMILES string of the molecule is CCCC(CNC(=O)COC)C(=O)O. The molecule has 5 heteroatoms. The Morgan fingerprint density at radius 3 is 2.57 bits per heavy atom. The molecule has 1 amide bonds. The van der Waals surface area contributed by atoms with E-state index in [0.29, 0.717) is 6.42 Å². The zero-order valence-electron chi connectivity index (χ0n) is 8.58. The standard InChI is InChI=1S/C9H17NO4/c1-3-4-7(9(12)13)5-10-8(11)6-14-2/h7H,3-6H2,1-2H3,(H,10,11)(H,12,13). The maximum absolute atomic E-state index is 10.9. The van der Waals surface area contributed by atoms with Crippen molar-refractivity contribution in [2.45, 2.75) is 19.8 Å². The number of hydrogen-bond acceptors (Lipinski definition) is 3. The van der Waals surface area contributed by atoms with Crippen LogP contribution in [0.25, 0.3) is 0 Å². The van der Waals surface area contributed by atoms with Gasteiger partial charge in [-0.05, 0) is 6.42 Å². The lowest BCUT2D eigenvalue weighted by Gasteiger charge is -2.11. The van der Waals surface area contributed by atoms with Crippen LogP contribution in [-0.2, 0) is 14.3 Å². The van der Waals surface area contributed by atoms with Gasteiger partial charge in [0.15, 0.2) is 0 Å². The highest BCUT2D eigenvalue weighted by Gasteiger charge is 2.16. The van der Waals surface area contributed by atoms with Crippen LogP contribution in [0, 0.1) is 5.92 Å². The molecule has 2 N–H and O–H groups in total. The van der Waals surface area contributed by atoms with Crippen molar-refractivity contribution in [2.24, 2.45) is 5.92 Å². The summed E-state index contributed by atoms with van der Waals surface area (Å²) in [7, 11) is 1.42. The number of carboxylic acid groups (broad SMARTS) is 1. The molecule has 0 aliphatic heterocycles. The van der Waals surface area contributed by atoms with E-state index in [0.717, 1.165) is 6.42 Å². The van der Waals surface area contributed by atoms with Crippen LogP contribution < -0.4 is 5.32 Å². The van der Waals surface area contributed by atoms with E-state index in [-0.39, 0.29) is 19.1 Å². The Morgan fingerprint density at radius 1 is 1.50 bits per heavy atom. The number of hydrogen-bond donors (Lipinski definition) is 2. The summed E-state index contributed by atoms with van der Waals surface area (Å²) in [6.45, 7) is 2.05. The zero-order chi connectivity index (χ0) is 11.0. The number of carbonyl (C=O) groups excluding carboxylic acids is 1. The van der Waals surface area contributed by atoms with Crippen molar-refractivity contribution in [3.63, 3.8) is 0 Å². The first-order chi connectivity index (χ1) is 6.61. The van der Waals surface area contributed by atoms with Gasteiger partial charge >= 0.3 is 5.97 Å². The van der Waals surface area contributed by atoms with Crippen molar-refractivity contribution in [1.29, 1.82) is 0 Å². The predicted molar refractivity (Wildman–Crippen MR) is 50.9 cm³/mol. The lowest BCUT2D eigenvalue weighted by atomic mass is 10.0. The molecule has 0 heterocycles. The second kappa shape index (κ2) is 7.32. The molecule has 1 atom stereocenters. The molecule has 5 nitrogen and oxygen atoms in total. The van der Waals surface area contributed by atoms with Crippen LogP contribution in [0.15, 0.2) is 0 Å². The second-order valence-corrected chi connectivity index (χ2v) is 3.06. The summed E-state index contributed by atoms with van der Waals surface area (Å²) >= 11 is 0. The summed E-state index contributed by atoms with van der Waals surface area (Å²) in [5.74, 6) is -1.65. The first-order valence-electron chi connectivity index (χ1n) is 4.60. The molecular formula is C9H17NO4. The maximum Gasteiger partial charge on any atom is 0.308 e. The second-order valence-electron chi connectivity index (χ2n) is 3.06. The highest BCUT2D eigenvalue weighted by molar-refractivity contribution is 5.78. The van der Waals surface area contributed by atoms with E-state index in [1.165, 1.54) is 7.11 Å². The average Bonchev–Trinajstić information content (AvgIpc) is 2.12. The molecule has 0 saturated carbocycles. The Hall–Kier alpha value is -1.10. The van der Waals surface area contributed by atoms with Crippen molar-refractivity contribution >= 4 is 11.9 Å². The molecule has 0 radical (unpaired) electrons. The summed E-state index contributed by atoms with van der Waals surface area (Å²) in [4.78, 5) is 21.6. The molecule has 14 heavy (non-hydrogen) atoms. The quantitative estimate of drug-likeness (QED) is 0.622. The van der Waals surface area contributed by atoms with E-state index in [1.807, 2.05) is 6.92 Å². The summed E-state index contributed by atoms with van der Waals surface area (Å²) in [5, 5.41) is 11.3. The Bertz CT molecular complexity index is 193. The van der Waals surface area contributed by atoms with E-state index in [2.05, 4.69) is 10.1 Å². The van der Waals surface area contributed by atoms with Crippen molar-refractivity contribution in [1.82, 2.24) is 5.32 Å². The van der Waals surface area contributed by atoms with Gasteiger partial charge in [-0.3, -0.25) is 9.59 Å². The smallest absolute Gasteiger partial charge is 0.308 e. The van der Waals surface area contributed by atoms with Crippen LogP contribution >= 0.6 is 0 Å². The molecule has 1 unspecified atom stereocenters. The molecule has 0 saturated heterocycles. The third-order valence-corrected chi connectivity index (χ3v) is 1.81. The molecule has 0 spiro atoms. The van der Waals surface area contributed by atoms with Gasteiger partial charge in [-0.2, -0.15) is 0 Å². The highest BCUT2D eigenvalue weighted by atomic mass is 16.5. The number of methoxy groups -OCH3 is 1. The highest BCUT2D eigenvalue weighted by Crippen LogP contribution is 2.04. The fraction of sp³-hybridized carbons (Fsp3) is 0.778. The van der Waals surface area contributed by atoms with Gasteiger partial charge in [0.05, 0.1) is 5.92 Å². The first kappa shape index (κ1) is 12.9. The van der Waals surface area contributed by atoms with Crippen LogP contribution in [0.4, 0.5) is 0 Å². The lowest BCUT2D eigenvalue weighted by Crippen LogP contribution is -2.34. The molecule has 0 aliphatic rings. The van der Waals surface area contributed by atoms with Gasteiger partial charge in [0, 0.05) is 13.7 Å². The van der Waals surface area contributed by atoms with Crippen molar-refractivity contribution in [3.8, 4) is 0 Å². The topological polar surface area (TPSA) is 75.6 Å². The molecule has 0 aromatic rings. The van der Waals surface area contributed by atoms with Crippen LogP contribution in [0.5, 0.6) is 0 Å². The fourth-order valence-corrected chi connectivity index (χ4v) is 1.08. The minimum Gasteiger partial charge on any atom is -0.481 e. The molecule has 0 aromatic carbocycles. The minimum atomic E-state index is -0.871. The Labute approximate surface area is 83.4 Å². The van der Waals surface area contributed by atoms with E-state index in [4.69, 9.17) is 5.11 Å². The Kier molecular flexibility index (Phi) is 6.74. The number of rotatable bonds is 7. The number of aliphatic carboxylic acids is 1. The van der Waals surface area contributed by atoms with Crippen LogP contribution in [0.2, 0.25) is 0 Å². The number of nitrogens with one attached hydrogen (secondary N) is 1. The number of carbonyl (C=O) groups is 2. The van der Waals surface area contributed by atoms with Crippen molar-refractivity contribution in [3.05, 3.63) is 0 Å². The van der Waals surface area contributed by atoms with Crippen molar-refractivity contribution in [2.75, 3.05) is 20.3 Å². The largest absolute Gasteiger partial charge is 0.481 e. The predicted octanol–water partition coefficient (Wildman–Crippen LogP) is 0.250. The van der Waals surface area contributed by atoms with E-state index < -0.39 is 11.9 Å². The average molecular weight is 203 g/mol. The molecular weight excluding hydrogens is 186 g/mol. The van der Waals surface area contributed by atoms with Crippen LogP contribution in [0.1, 0.15) is 19.8 Å². The van der Waals surface area contributed by atoms with Gasteiger partial charge in [0.1, 0.15) is 6.61 Å². The number of carboxylic acids is 1. The summed E-state index contributed by atoms with van der Waals surface area (Å²) in [5.41, 5.74) is 0. The Morgan fingerprint density at radius 2 is 2.14 bits per heavy atom. The van der Waals surface area contributed by atoms with Crippen LogP contribution in [-0.4, -0.2) is 37.2 Å². The summed E-state index contributed by atoms with van der Waals surface area (Å²) in [6.07, 6.45) is 1.36. The van der Waals surface area contributed by atoms with Crippen molar-refractivity contribution < 1.29 is 19.4 Å². The molecule has 0 aromatic heterocycles. The summed E-state index contributed by atoms with van der Waals surface area (Å²) < 4.78 is 4.60. The molecule has 0 fully saturated rings. The lowest BCUT2D eigenvalue weighted by molar-refractivity contribution is -0.142. The molecule has 0 bridgehead atoms. The van der Waals surface area contributed by atoms with Gasteiger partial charge in [-0.15, -0.1) is 0 Å². The number of ether oxygens (including phenoxy) is 1. The minimum absolute atomic E-state index is 0.0293. The van der Waals surface area contributed by atoms with E-state index in [9.17, 15) is 9.59 Å². The van der Waals surface area contributed by atoms with E-state index >= 15 is 0 Å². The fourth-order valence-electron chi connectivity index (χ4n) is 1.08. The van der Waals surface area contributed by atoms with E-state index in [1.54, 1.807) is 0 Å². The van der Waals surface area contributed by atoms with Gasteiger partial charge in [-0.1, -0.05) is 13.3 Å². The summed E-state index contributed by atoms with van der Waals surface area (Å²) in [6, 6.07) is 0. The third-order valence-electron chi connectivity index (χ3n) is 1.81. The van der Waals surface area contributed by atoms with Gasteiger partial charge < -0.3 is 15.2 Å². The third kappa shape index (κ3) is 5.53. The van der Waals surface area contributed by atoms with Crippen LogP contribution in [0.3, 0.4) is 0 Å². The van der Waals surface area contributed by atoms with Gasteiger partial charge in [0.2, 0.25) is 5.91 Å². The Balaban J connectivity index is 3.81. The molecule has 82 valence electrons. The molecule has 0 rings (SSSR count). The van der Waals surface area contributed by atoms with Gasteiger partial charge in [-0.25, -0.2) is 0 Å². The zero-order valence-corrected chi connectivity index (χ0v) is 8.58. The van der Waals surface area contributed by atoms with Gasteiger partial charge in [0.25, 0.3) is 0 Å². The maximum atomic E-state index is 10.9. The molecule has 0 aliphatic carbocycles. The monoisotopic (exact) mass is 203 g/mol. The number of amides is 1. The normalized spacial score (nSPS) is 12.1. The first-order valence-corrected chi connectivity index (χ1v) is 4.60.